The number of anilines is 6. The van der Waals surface area contributed by atoms with Crippen molar-refractivity contribution in [2.75, 3.05) is 9.80 Å². The predicted molar refractivity (Wildman–Crippen MR) is 233 cm³/mol. The molecule has 11 aromatic rings. The second-order valence-corrected chi connectivity index (χ2v) is 14.1. The Morgan fingerprint density at radius 3 is 1.50 bits per heavy atom. The Morgan fingerprint density at radius 2 is 0.804 bits per heavy atom. The molecule has 0 fully saturated rings. The molecule has 0 unspecified atom stereocenters. The highest BCUT2D eigenvalue weighted by Gasteiger charge is 2.20. The van der Waals surface area contributed by atoms with Crippen LogP contribution in [0, 0.1) is 0 Å². The number of fused-ring (bicyclic) bond motifs is 7. The van der Waals surface area contributed by atoms with Gasteiger partial charge in [0.2, 0.25) is 0 Å². The lowest BCUT2D eigenvalue weighted by atomic mass is 10.00. The molecule has 4 heteroatoms. The molecule has 0 radical (unpaired) electrons. The Balaban J connectivity index is 1.04. The van der Waals surface area contributed by atoms with Crippen molar-refractivity contribution >= 4 is 88.8 Å². The van der Waals surface area contributed by atoms with Crippen LogP contribution in [0.3, 0.4) is 0 Å². The van der Waals surface area contributed by atoms with Gasteiger partial charge in [0.15, 0.2) is 0 Å². The van der Waals surface area contributed by atoms with Crippen LogP contribution in [0.2, 0.25) is 0 Å². The molecule has 0 aliphatic heterocycles. The zero-order valence-electron chi connectivity index (χ0n) is 30.3. The van der Waals surface area contributed by atoms with Gasteiger partial charge >= 0.3 is 0 Å². The predicted octanol–water partition coefficient (Wildman–Crippen LogP) is 15.2. The third kappa shape index (κ3) is 5.31. The number of para-hydroxylation sites is 4. The van der Waals surface area contributed by atoms with Crippen LogP contribution in [0.25, 0.3) is 65.8 Å². The molecule has 0 bridgehead atoms. The fraction of sp³-hybridized carbons (Fsp3) is 0. The highest BCUT2D eigenvalue weighted by molar-refractivity contribution is 6.13. The molecule has 9 aromatic carbocycles. The van der Waals surface area contributed by atoms with Gasteiger partial charge in [-0.05, 0) is 102 Å². The largest absolute Gasteiger partial charge is 0.456 e. The second kappa shape index (κ2) is 13.1. The molecule has 0 amide bonds. The number of nitrogens with zero attached hydrogens (tertiary/aromatic N) is 2. The van der Waals surface area contributed by atoms with Crippen molar-refractivity contribution in [1.82, 2.24) is 0 Å². The van der Waals surface area contributed by atoms with Gasteiger partial charge in [-0.1, -0.05) is 115 Å². The lowest BCUT2D eigenvalue weighted by Gasteiger charge is -2.26. The average Bonchev–Trinajstić information content (AvgIpc) is 3.83. The van der Waals surface area contributed by atoms with Crippen LogP contribution in [0.5, 0.6) is 0 Å². The van der Waals surface area contributed by atoms with Crippen molar-refractivity contribution in [1.29, 1.82) is 0 Å². The lowest BCUT2D eigenvalue weighted by molar-refractivity contribution is 0.668. The first-order chi connectivity index (χ1) is 27.8. The first-order valence-corrected chi connectivity index (χ1v) is 18.9. The quantitative estimate of drug-likeness (QED) is 0.164. The van der Waals surface area contributed by atoms with E-state index in [4.69, 9.17) is 8.83 Å². The van der Waals surface area contributed by atoms with Gasteiger partial charge in [0, 0.05) is 60.9 Å². The summed E-state index contributed by atoms with van der Waals surface area (Å²) in [5.74, 6) is 0. The van der Waals surface area contributed by atoms with Gasteiger partial charge in [-0.2, -0.15) is 0 Å². The summed E-state index contributed by atoms with van der Waals surface area (Å²) < 4.78 is 13.2. The SMILES string of the molecule is c1ccc(N(c2ccccc2)c2ccc3oc4c(-c5ccc6oc7ccc(N(c8ccccc8)c8cccc9ccccc89)cc7c6c5)cccc4c3c2)cc1. The highest BCUT2D eigenvalue weighted by atomic mass is 16.3. The van der Waals surface area contributed by atoms with E-state index in [2.05, 4.69) is 216 Å². The van der Waals surface area contributed by atoms with E-state index in [-0.39, 0.29) is 0 Å². The van der Waals surface area contributed by atoms with Gasteiger partial charge in [0.1, 0.15) is 22.3 Å². The topological polar surface area (TPSA) is 32.8 Å². The summed E-state index contributed by atoms with van der Waals surface area (Å²) in [6.07, 6.45) is 0. The van der Waals surface area contributed by atoms with Crippen molar-refractivity contribution in [2.45, 2.75) is 0 Å². The molecule has 2 aromatic heterocycles. The van der Waals surface area contributed by atoms with Gasteiger partial charge in [-0.25, -0.2) is 0 Å². The van der Waals surface area contributed by atoms with E-state index >= 15 is 0 Å². The minimum Gasteiger partial charge on any atom is -0.456 e. The molecule has 0 aliphatic carbocycles. The maximum atomic E-state index is 6.70. The third-order valence-electron chi connectivity index (χ3n) is 10.8. The van der Waals surface area contributed by atoms with Crippen LogP contribution in [0.15, 0.2) is 215 Å². The first-order valence-electron chi connectivity index (χ1n) is 18.9. The normalized spacial score (nSPS) is 11.6. The van der Waals surface area contributed by atoms with Crippen LogP contribution >= 0.6 is 0 Å². The minimum absolute atomic E-state index is 0.848. The van der Waals surface area contributed by atoms with Gasteiger partial charge < -0.3 is 18.6 Å². The zero-order chi connectivity index (χ0) is 37.0. The van der Waals surface area contributed by atoms with Gasteiger partial charge in [-0.15, -0.1) is 0 Å². The van der Waals surface area contributed by atoms with E-state index in [0.29, 0.717) is 0 Å². The van der Waals surface area contributed by atoms with Crippen molar-refractivity contribution in [3.8, 4) is 11.1 Å². The number of hydrogen-bond donors (Lipinski definition) is 0. The Bertz CT molecular complexity index is 3160. The molecule has 4 nitrogen and oxygen atoms in total. The van der Waals surface area contributed by atoms with E-state index in [1.165, 1.54) is 10.8 Å². The van der Waals surface area contributed by atoms with Crippen molar-refractivity contribution in [3.63, 3.8) is 0 Å². The van der Waals surface area contributed by atoms with Crippen LogP contribution in [0.4, 0.5) is 34.1 Å². The maximum absolute atomic E-state index is 6.70. The van der Waals surface area contributed by atoms with Crippen molar-refractivity contribution in [2.24, 2.45) is 0 Å². The Labute approximate surface area is 323 Å². The monoisotopic (exact) mass is 718 g/mol. The number of hydrogen-bond acceptors (Lipinski definition) is 4. The minimum atomic E-state index is 0.848. The molecule has 264 valence electrons. The first kappa shape index (κ1) is 31.9. The second-order valence-electron chi connectivity index (χ2n) is 14.1. The molecular formula is C52H34N2O2. The van der Waals surface area contributed by atoms with Gasteiger partial charge in [0.05, 0.1) is 5.69 Å². The van der Waals surface area contributed by atoms with Crippen LogP contribution in [-0.4, -0.2) is 0 Å². The Kier molecular flexibility index (Phi) is 7.46. The molecule has 0 aliphatic rings. The average molecular weight is 719 g/mol. The van der Waals surface area contributed by atoms with E-state index in [0.717, 1.165) is 89.1 Å². The third-order valence-corrected chi connectivity index (χ3v) is 10.8. The summed E-state index contributed by atoms with van der Waals surface area (Å²) in [5, 5.41) is 6.66. The molecule has 2 heterocycles. The molecule has 11 rings (SSSR count). The van der Waals surface area contributed by atoms with E-state index in [1.54, 1.807) is 0 Å². The van der Waals surface area contributed by atoms with E-state index in [9.17, 15) is 0 Å². The van der Waals surface area contributed by atoms with E-state index < -0.39 is 0 Å². The van der Waals surface area contributed by atoms with Crippen LogP contribution in [0.1, 0.15) is 0 Å². The van der Waals surface area contributed by atoms with Gasteiger partial charge in [-0.3, -0.25) is 0 Å². The summed E-state index contributed by atoms with van der Waals surface area (Å²) in [6, 6.07) is 72.5. The summed E-state index contributed by atoms with van der Waals surface area (Å²) >= 11 is 0. The molecule has 0 saturated heterocycles. The summed E-state index contributed by atoms with van der Waals surface area (Å²) in [7, 11) is 0. The highest BCUT2D eigenvalue weighted by Crippen LogP contribution is 2.44. The fourth-order valence-electron chi connectivity index (χ4n) is 8.23. The number of rotatable bonds is 7. The Morgan fingerprint density at radius 1 is 0.304 bits per heavy atom. The number of furan rings is 2. The molecule has 0 spiro atoms. The van der Waals surface area contributed by atoms with Crippen molar-refractivity contribution in [3.05, 3.63) is 206 Å². The molecule has 56 heavy (non-hydrogen) atoms. The van der Waals surface area contributed by atoms with Crippen molar-refractivity contribution < 1.29 is 8.83 Å². The fourth-order valence-corrected chi connectivity index (χ4v) is 8.23. The summed E-state index contributed by atoms with van der Waals surface area (Å²) in [4.78, 5) is 4.62. The molecular weight excluding hydrogens is 685 g/mol. The van der Waals surface area contributed by atoms with Gasteiger partial charge in [0.25, 0.3) is 0 Å². The molecule has 0 saturated carbocycles. The van der Waals surface area contributed by atoms with E-state index in [1.807, 2.05) is 0 Å². The standard InChI is InChI=1S/C52H34N2O2/c1-4-16-37(17-5-1)53(38-18-6-2-7-19-38)40-27-31-51-46(33-40)44-24-13-23-43(52(44)56-51)36-26-29-49-45(32-36)47-34-41(28-30-50(47)55-49)54(39-20-8-3-9-21-39)48-25-12-15-35-14-10-11-22-42(35)48/h1-34H. The smallest absolute Gasteiger partial charge is 0.143 e. The summed E-state index contributed by atoms with van der Waals surface area (Å²) in [5.41, 5.74) is 12.1. The summed E-state index contributed by atoms with van der Waals surface area (Å²) in [6.45, 7) is 0. The zero-order valence-corrected chi connectivity index (χ0v) is 30.3. The van der Waals surface area contributed by atoms with Crippen LogP contribution in [-0.2, 0) is 0 Å². The molecule has 0 atom stereocenters. The maximum Gasteiger partial charge on any atom is 0.143 e. The lowest BCUT2D eigenvalue weighted by Crippen LogP contribution is -2.10. The Hall–Kier alpha value is -7.56. The number of benzene rings is 9. The molecule has 0 N–H and O–H groups in total. The van der Waals surface area contributed by atoms with Crippen LogP contribution < -0.4 is 9.80 Å².